The molecule has 0 radical (unpaired) electrons. The lowest BCUT2D eigenvalue weighted by Crippen LogP contribution is -2.29. The molecule has 1 amide bonds. The Labute approximate surface area is 219 Å². The molecule has 4 aromatic rings. The molecule has 36 heavy (non-hydrogen) atoms. The molecule has 184 valence electrons. The highest BCUT2D eigenvalue weighted by Gasteiger charge is 2.43. The average molecular weight is 522 g/mol. The van der Waals surface area contributed by atoms with Gasteiger partial charge in [-0.1, -0.05) is 61.2 Å². The number of hydrogen-bond donors (Lipinski definition) is 0. The van der Waals surface area contributed by atoms with Crippen LogP contribution in [0.4, 0.5) is 5.69 Å². The minimum Gasteiger partial charge on any atom is -0.494 e. The maximum atomic E-state index is 13.7. The van der Waals surface area contributed by atoms with Crippen molar-refractivity contribution in [1.29, 1.82) is 0 Å². The molecule has 0 saturated carbocycles. The summed E-state index contributed by atoms with van der Waals surface area (Å²) in [6.45, 7) is 4.68. The predicted octanol–water partition coefficient (Wildman–Crippen LogP) is 7.73. The normalized spacial score (nSPS) is 14.9. The number of hydrogen-bond acceptors (Lipinski definition) is 4. The van der Waals surface area contributed by atoms with Crippen LogP contribution in [0.15, 0.2) is 69.9 Å². The fraction of sp³-hybridized carbons (Fsp3) is 0.241. The van der Waals surface area contributed by atoms with E-state index in [-0.39, 0.29) is 16.8 Å². The third kappa shape index (κ3) is 4.38. The third-order valence-corrected chi connectivity index (χ3v) is 7.12. The van der Waals surface area contributed by atoms with Gasteiger partial charge in [0, 0.05) is 15.7 Å². The van der Waals surface area contributed by atoms with Gasteiger partial charge in [-0.05, 0) is 66.9 Å². The van der Waals surface area contributed by atoms with E-state index in [1.807, 2.05) is 43.3 Å². The fourth-order valence-corrected chi connectivity index (χ4v) is 4.89. The molecule has 0 N–H and O–H groups in total. The number of aryl methyl sites for hydroxylation is 1. The highest BCUT2D eigenvalue weighted by Crippen LogP contribution is 2.42. The number of unbranched alkanes of at least 4 members (excludes halogenated alkanes) is 2. The second-order valence-corrected chi connectivity index (χ2v) is 9.79. The topological polar surface area (TPSA) is 59.8 Å². The van der Waals surface area contributed by atoms with Gasteiger partial charge < -0.3 is 9.15 Å². The first-order chi connectivity index (χ1) is 17.4. The Morgan fingerprint density at radius 3 is 2.47 bits per heavy atom. The molecule has 0 bridgehead atoms. The molecule has 1 aliphatic heterocycles. The van der Waals surface area contributed by atoms with Gasteiger partial charge in [-0.2, -0.15) is 0 Å². The van der Waals surface area contributed by atoms with Gasteiger partial charge in [0.15, 0.2) is 5.43 Å². The van der Waals surface area contributed by atoms with E-state index >= 15 is 0 Å². The molecule has 2 heterocycles. The van der Waals surface area contributed by atoms with E-state index in [9.17, 15) is 9.59 Å². The number of nitrogens with zero attached hydrogens (tertiary/aromatic N) is 1. The maximum Gasteiger partial charge on any atom is 0.295 e. The molecule has 3 aromatic carbocycles. The molecular weight excluding hydrogens is 497 g/mol. The molecule has 1 aliphatic rings. The smallest absolute Gasteiger partial charge is 0.295 e. The number of rotatable bonds is 7. The van der Waals surface area contributed by atoms with Crippen molar-refractivity contribution in [2.24, 2.45) is 0 Å². The van der Waals surface area contributed by atoms with Crippen molar-refractivity contribution in [1.82, 2.24) is 0 Å². The zero-order valence-electron chi connectivity index (χ0n) is 20.0. The number of carbonyl (C=O) groups excluding carboxylic acids is 1. The van der Waals surface area contributed by atoms with Gasteiger partial charge in [0.25, 0.3) is 5.91 Å². The molecule has 1 atom stereocenters. The van der Waals surface area contributed by atoms with Crippen molar-refractivity contribution < 1.29 is 13.9 Å². The molecule has 5 nitrogen and oxygen atoms in total. The molecular formula is C29H25Cl2NO4. The molecule has 5 rings (SSSR count). The van der Waals surface area contributed by atoms with Crippen molar-refractivity contribution in [2.75, 3.05) is 11.5 Å². The van der Waals surface area contributed by atoms with E-state index in [2.05, 4.69) is 6.92 Å². The van der Waals surface area contributed by atoms with Crippen LogP contribution in [0.1, 0.15) is 59.5 Å². The van der Waals surface area contributed by atoms with Crippen LogP contribution in [0.3, 0.4) is 0 Å². The van der Waals surface area contributed by atoms with E-state index < -0.39 is 11.9 Å². The standard InChI is InChI=1S/C29H25Cl2NO4/c1-3-4-5-14-35-21-11-7-18(8-12-21)26-25-27(33)22-15-19(30)9-13-24(22)36-28(25)29(34)32(26)20-10-6-17(2)23(31)16-20/h6-13,15-16,26H,3-5,14H2,1-2H3. The van der Waals surface area contributed by atoms with Gasteiger partial charge in [0.2, 0.25) is 5.76 Å². The van der Waals surface area contributed by atoms with Gasteiger partial charge >= 0.3 is 0 Å². The molecule has 1 unspecified atom stereocenters. The largest absolute Gasteiger partial charge is 0.494 e. The van der Waals surface area contributed by atoms with Crippen LogP contribution in [-0.2, 0) is 0 Å². The Morgan fingerprint density at radius 2 is 1.75 bits per heavy atom. The number of fused-ring (bicyclic) bond motifs is 2. The van der Waals surface area contributed by atoms with Gasteiger partial charge in [0.1, 0.15) is 11.3 Å². The van der Waals surface area contributed by atoms with Crippen LogP contribution in [0.5, 0.6) is 5.75 Å². The lowest BCUT2D eigenvalue weighted by atomic mass is 9.98. The number of amides is 1. The summed E-state index contributed by atoms with van der Waals surface area (Å²) in [6.07, 6.45) is 3.22. The van der Waals surface area contributed by atoms with Crippen molar-refractivity contribution >= 4 is 45.8 Å². The van der Waals surface area contributed by atoms with Crippen LogP contribution < -0.4 is 15.1 Å². The minimum absolute atomic E-state index is 0.0245. The second kappa shape index (κ2) is 10.00. The Hall–Kier alpha value is -3.28. The Morgan fingerprint density at radius 1 is 0.972 bits per heavy atom. The van der Waals surface area contributed by atoms with Crippen molar-refractivity contribution in [3.8, 4) is 5.75 Å². The zero-order valence-corrected chi connectivity index (χ0v) is 21.5. The number of anilines is 1. The zero-order chi connectivity index (χ0) is 25.4. The summed E-state index contributed by atoms with van der Waals surface area (Å²) in [5.41, 5.74) is 2.53. The lowest BCUT2D eigenvalue weighted by Gasteiger charge is -2.26. The van der Waals surface area contributed by atoms with Crippen LogP contribution in [0, 0.1) is 6.92 Å². The van der Waals surface area contributed by atoms with Gasteiger partial charge in [-0.15, -0.1) is 0 Å². The van der Waals surface area contributed by atoms with E-state index in [4.69, 9.17) is 32.4 Å². The molecule has 1 aromatic heterocycles. The summed E-state index contributed by atoms with van der Waals surface area (Å²) < 4.78 is 11.9. The van der Waals surface area contributed by atoms with E-state index in [1.165, 1.54) is 0 Å². The Bertz CT molecular complexity index is 1510. The third-order valence-electron chi connectivity index (χ3n) is 6.48. The first kappa shape index (κ1) is 24.4. The van der Waals surface area contributed by atoms with Gasteiger partial charge in [0.05, 0.1) is 23.6 Å². The van der Waals surface area contributed by atoms with Gasteiger partial charge in [-0.3, -0.25) is 14.5 Å². The summed E-state index contributed by atoms with van der Waals surface area (Å²) >= 11 is 12.6. The summed E-state index contributed by atoms with van der Waals surface area (Å²) in [7, 11) is 0. The molecule has 0 saturated heterocycles. The first-order valence-corrected chi connectivity index (χ1v) is 12.7. The molecule has 7 heteroatoms. The van der Waals surface area contributed by atoms with Crippen LogP contribution in [-0.4, -0.2) is 12.5 Å². The summed E-state index contributed by atoms with van der Waals surface area (Å²) in [5, 5.41) is 1.28. The minimum atomic E-state index is -0.694. The number of halogens is 2. The summed E-state index contributed by atoms with van der Waals surface area (Å²) in [5.74, 6) is 0.363. The summed E-state index contributed by atoms with van der Waals surface area (Å²) in [6, 6.07) is 17.0. The lowest BCUT2D eigenvalue weighted by molar-refractivity contribution is 0.0971. The summed E-state index contributed by atoms with van der Waals surface area (Å²) in [4.78, 5) is 29.0. The average Bonchev–Trinajstić information content (AvgIpc) is 3.17. The predicted molar refractivity (Wildman–Crippen MR) is 144 cm³/mol. The van der Waals surface area contributed by atoms with Gasteiger partial charge in [-0.25, -0.2) is 0 Å². The van der Waals surface area contributed by atoms with E-state index in [1.54, 1.807) is 29.2 Å². The number of benzene rings is 3. The van der Waals surface area contributed by atoms with Crippen molar-refractivity contribution in [3.63, 3.8) is 0 Å². The molecule has 0 spiro atoms. The highest BCUT2D eigenvalue weighted by atomic mass is 35.5. The first-order valence-electron chi connectivity index (χ1n) is 12.0. The SMILES string of the molecule is CCCCCOc1ccc(C2c3c(oc4ccc(Cl)cc4c3=O)C(=O)N2c2ccc(C)c(Cl)c2)cc1. The van der Waals surface area contributed by atoms with E-state index in [0.29, 0.717) is 33.3 Å². The van der Waals surface area contributed by atoms with E-state index in [0.717, 1.165) is 36.1 Å². The second-order valence-electron chi connectivity index (χ2n) is 8.95. The van der Waals surface area contributed by atoms with Crippen molar-refractivity contribution in [3.05, 3.63) is 103 Å². The maximum absolute atomic E-state index is 13.7. The van der Waals surface area contributed by atoms with Crippen molar-refractivity contribution in [2.45, 2.75) is 39.2 Å². The van der Waals surface area contributed by atoms with Crippen LogP contribution >= 0.6 is 23.2 Å². The van der Waals surface area contributed by atoms with Crippen LogP contribution in [0.25, 0.3) is 11.0 Å². The quantitative estimate of drug-likeness (QED) is 0.233. The number of ether oxygens (including phenoxy) is 1. The Balaban J connectivity index is 1.64. The molecule has 0 fully saturated rings. The number of carbonyl (C=O) groups is 1. The monoisotopic (exact) mass is 521 g/mol. The fourth-order valence-electron chi connectivity index (χ4n) is 4.55. The molecule has 0 aliphatic carbocycles. The Kier molecular flexibility index (Phi) is 6.78. The highest BCUT2D eigenvalue weighted by molar-refractivity contribution is 6.32. The van der Waals surface area contributed by atoms with Crippen LogP contribution in [0.2, 0.25) is 10.0 Å².